The van der Waals surface area contributed by atoms with E-state index in [4.69, 9.17) is 0 Å². The van der Waals surface area contributed by atoms with Gasteiger partial charge in [-0.1, -0.05) is 0 Å². The van der Waals surface area contributed by atoms with Crippen LogP contribution in [0.1, 0.15) is 17.8 Å². The van der Waals surface area contributed by atoms with E-state index in [2.05, 4.69) is 14.7 Å². The second kappa shape index (κ2) is 8.22. The van der Waals surface area contributed by atoms with Gasteiger partial charge in [0.2, 0.25) is 0 Å². The third-order valence-corrected chi connectivity index (χ3v) is 6.63. The lowest BCUT2D eigenvalue weighted by Crippen LogP contribution is -2.16. The molecule has 2 aromatic heterocycles. The molecule has 1 saturated carbocycles. The first-order chi connectivity index (χ1) is 15.5. The zero-order chi connectivity index (χ0) is 24.0. The fourth-order valence-electron chi connectivity index (χ4n) is 3.31. The Labute approximate surface area is 186 Å². The van der Waals surface area contributed by atoms with Crippen molar-refractivity contribution in [1.82, 2.24) is 9.97 Å². The van der Waals surface area contributed by atoms with Gasteiger partial charge in [0.1, 0.15) is 22.3 Å². The lowest BCUT2D eigenvalue weighted by molar-refractivity contribution is -0.121. The van der Waals surface area contributed by atoms with Gasteiger partial charge in [0.05, 0.1) is 17.3 Å². The molecule has 1 aliphatic carbocycles. The van der Waals surface area contributed by atoms with E-state index in [9.17, 15) is 30.8 Å². The first kappa shape index (κ1) is 22.8. The van der Waals surface area contributed by atoms with Crippen LogP contribution in [0.25, 0.3) is 11.1 Å². The molecule has 172 valence electrons. The average Bonchev–Trinajstić information content (AvgIpc) is 3.38. The van der Waals surface area contributed by atoms with Crippen molar-refractivity contribution in [1.29, 1.82) is 0 Å². The number of aromatic nitrogens is 2. The van der Waals surface area contributed by atoms with Gasteiger partial charge in [-0.3, -0.25) is 19.5 Å². The minimum absolute atomic E-state index is 0.0586. The van der Waals surface area contributed by atoms with Crippen molar-refractivity contribution in [2.45, 2.75) is 30.6 Å². The number of hydrogen-bond donors (Lipinski definition) is 1. The molecular formula is C22H17F4N3O3S. The summed E-state index contributed by atoms with van der Waals surface area (Å²) < 4.78 is 80.9. The van der Waals surface area contributed by atoms with Crippen LogP contribution < -0.4 is 4.72 Å². The number of aryl methyl sites for hydroxylation is 1. The number of ketones is 1. The van der Waals surface area contributed by atoms with Crippen molar-refractivity contribution in [2.75, 3.05) is 4.72 Å². The number of anilines is 1. The highest BCUT2D eigenvalue weighted by molar-refractivity contribution is 7.92. The van der Waals surface area contributed by atoms with Crippen molar-refractivity contribution in [3.63, 3.8) is 0 Å². The highest BCUT2D eigenvalue weighted by Gasteiger charge is 2.60. The molecule has 0 spiro atoms. The quantitative estimate of drug-likeness (QED) is 0.511. The fraction of sp³-hybridized carbons (Fsp3) is 0.227. The minimum Gasteiger partial charge on any atom is -0.299 e. The number of pyridine rings is 2. The summed E-state index contributed by atoms with van der Waals surface area (Å²) in [5, 5.41) is 0. The molecular weight excluding hydrogens is 462 g/mol. The van der Waals surface area contributed by atoms with Gasteiger partial charge in [-0.25, -0.2) is 26.0 Å². The molecule has 1 fully saturated rings. The Morgan fingerprint density at radius 1 is 1.12 bits per heavy atom. The largest absolute Gasteiger partial charge is 0.299 e. The van der Waals surface area contributed by atoms with E-state index in [0.29, 0.717) is 22.9 Å². The number of rotatable bonds is 7. The Kier molecular flexibility index (Phi) is 5.69. The Morgan fingerprint density at radius 3 is 2.52 bits per heavy atom. The van der Waals surface area contributed by atoms with Crippen LogP contribution >= 0.6 is 0 Å². The fourth-order valence-corrected chi connectivity index (χ4v) is 4.47. The predicted octanol–water partition coefficient (Wildman–Crippen LogP) is 4.30. The summed E-state index contributed by atoms with van der Waals surface area (Å²) in [6.45, 7) is 1.54. The molecule has 0 bridgehead atoms. The van der Waals surface area contributed by atoms with E-state index in [1.807, 2.05) is 0 Å². The maximum absolute atomic E-state index is 14.0. The minimum atomic E-state index is -4.38. The highest BCUT2D eigenvalue weighted by Crippen LogP contribution is 2.49. The second-order valence-electron chi connectivity index (χ2n) is 7.73. The van der Waals surface area contributed by atoms with Crippen molar-refractivity contribution >= 4 is 21.5 Å². The number of carbonyl (C=O) groups excluding carboxylic acids is 1. The summed E-state index contributed by atoms with van der Waals surface area (Å²) in [6.07, 6.45) is 2.16. The summed E-state index contributed by atoms with van der Waals surface area (Å²) in [4.78, 5) is 19.5. The molecule has 6 nitrogen and oxygen atoms in total. The molecule has 1 unspecified atom stereocenters. The average molecular weight is 479 g/mol. The summed E-state index contributed by atoms with van der Waals surface area (Å²) >= 11 is 0. The lowest BCUT2D eigenvalue weighted by Gasteiger charge is -2.13. The third kappa shape index (κ3) is 4.87. The van der Waals surface area contributed by atoms with Crippen molar-refractivity contribution in [3.8, 4) is 11.1 Å². The summed E-state index contributed by atoms with van der Waals surface area (Å²) in [5.41, 5.74) is 1.62. The first-order valence-corrected chi connectivity index (χ1v) is 11.2. The number of nitrogens with one attached hydrogen (secondary N) is 1. The first-order valence-electron chi connectivity index (χ1n) is 9.76. The van der Waals surface area contributed by atoms with Crippen molar-refractivity contribution in [2.24, 2.45) is 5.92 Å². The number of sulfonamides is 1. The number of carbonyl (C=O) groups is 1. The molecule has 0 saturated heterocycles. The lowest BCUT2D eigenvalue weighted by atomic mass is 10.0. The molecule has 0 amide bonds. The van der Waals surface area contributed by atoms with E-state index in [-0.39, 0.29) is 17.8 Å². The van der Waals surface area contributed by atoms with Gasteiger partial charge >= 0.3 is 0 Å². The number of halogens is 4. The molecule has 1 N–H and O–H groups in total. The van der Waals surface area contributed by atoms with Crippen LogP contribution in [-0.4, -0.2) is 30.1 Å². The molecule has 11 heteroatoms. The number of hydrogen-bond acceptors (Lipinski definition) is 5. The van der Waals surface area contributed by atoms with Crippen molar-refractivity contribution in [3.05, 3.63) is 71.8 Å². The van der Waals surface area contributed by atoms with Gasteiger partial charge in [-0.2, -0.15) is 0 Å². The summed E-state index contributed by atoms with van der Waals surface area (Å²) in [5.74, 6) is -6.98. The van der Waals surface area contributed by atoms with E-state index >= 15 is 0 Å². The van der Waals surface area contributed by atoms with Crippen LogP contribution in [0.15, 0.2) is 53.7 Å². The van der Waals surface area contributed by atoms with E-state index < -0.39 is 50.6 Å². The van der Waals surface area contributed by atoms with E-state index in [1.165, 1.54) is 31.5 Å². The summed E-state index contributed by atoms with van der Waals surface area (Å²) in [7, 11) is -4.38. The SMILES string of the molecule is Cc1ncc(-c2ccnc(CC(=O)C3CC3(F)F)c2)cc1NS(=O)(=O)c1ccc(F)cc1F. The van der Waals surface area contributed by atoms with Crippen LogP contribution in [0.2, 0.25) is 0 Å². The number of alkyl halides is 2. The monoisotopic (exact) mass is 479 g/mol. The zero-order valence-corrected chi connectivity index (χ0v) is 18.0. The van der Waals surface area contributed by atoms with Crippen LogP contribution in [0.5, 0.6) is 0 Å². The van der Waals surface area contributed by atoms with Gasteiger partial charge in [0, 0.05) is 42.6 Å². The standard InChI is InChI=1S/C22H17F4N3O3S/c1-12-19(29-33(31,32)21-3-2-15(23)8-18(21)24)7-14(11-28-12)13-4-5-27-16(6-13)9-20(30)17-10-22(17,25)26/h2-8,11,17,29H,9-10H2,1H3. The van der Waals surface area contributed by atoms with Gasteiger partial charge in [-0.05, 0) is 42.8 Å². The normalized spacial score (nSPS) is 16.9. The molecule has 0 radical (unpaired) electrons. The van der Waals surface area contributed by atoms with Gasteiger partial charge in [0.15, 0.2) is 0 Å². The van der Waals surface area contributed by atoms with Gasteiger partial charge < -0.3 is 0 Å². The van der Waals surface area contributed by atoms with Crippen LogP contribution in [0.3, 0.4) is 0 Å². The number of nitrogens with zero attached hydrogens (tertiary/aromatic N) is 2. The molecule has 1 aliphatic rings. The molecule has 3 aromatic rings. The Hall–Kier alpha value is -3.34. The molecule has 1 atom stereocenters. The van der Waals surface area contributed by atoms with Crippen LogP contribution in [0, 0.1) is 24.5 Å². The maximum Gasteiger partial charge on any atom is 0.264 e. The van der Waals surface area contributed by atoms with Crippen LogP contribution in [0.4, 0.5) is 23.2 Å². The molecule has 33 heavy (non-hydrogen) atoms. The molecule has 2 heterocycles. The topological polar surface area (TPSA) is 89.0 Å². The van der Waals surface area contributed by atoms with Gasteiger partial charge in [0.25, 0.3) is 15.9 Å². The summed E-state index contributed by atoms with van der Waals surface area (Å²) in [6, 6.07) is 6.68. The number of benzene rings is 1. The number of Topliss-reactive ketones (excluding diaryl/α,β-unsaturated/α-hetero) is 1. The Morgan fingerprint density at radius 2 is 1.85 bits per heavy atom. The second-order valence-corrected chi connectivity index (χ2v) is 9.38. The maximum atomic E-state index is 14.0. The smallest absolute Gasteiger partial charge is 0.264 e. The molecule has 0 aliphatic heterocycles. The predicted molar refractivity (Wildman–Crippen MR) is 111 cm³/mol. The van der Waals surface area contributed by atoms with Gasteiger partial charge in [-0.15, -0.1) is 0 Å². The third-order valence-electron chi connectivity index (χ3n) is 5.23. The van der Waals surface area contributed by atoms with Crippen molar-refractivity contribution < 1.29 is 30.8 Å². The van der Waals surface area contributed by atoms with Crippen LogP contribution in [-0.2, 0) is 21.2 Å². The Bertz CT molecular complexity index is 1360. The molecule has 1 aromatic carbocycles. The molecule has 4 rings (SSSR count). The Balaban J connectivity index is 1.59. The zero-order valence-electron chi connectivity index (χ0n) is 17.1. The highest BCUT2D eigenvalue weighted by atomic mass is 32.2. The van der Waals surface area contributed by atoms with E-state index in [1.54, 1.807) is 6.07 Å². The van der Waals surface area contributed by atoms with E-state index in [0.717, 1.165) is 12.1 Å².